The van der Waals surface area contributed by atoms with E-state index >= 15 is 0 Å². The van der Waals surface area contributed by atoms with Crippen LogP contribution in [0.1, 0.15) is 12.7 Å². The van der Waals surface area contributed by atoms with Crippen molar-refractivity contribution in [3.05, 3.63) is 54.4 Å². The molecule has 0 saturated carbocycles. The van der Waals surface area contributed by atoms with Crippen molar-refractivity contribution in [3.8, 4) is 0 Å². The van der Waals surface area contributed by atoms with Gasteiger partial charge >= 0.3 is 0 Å². The molecular weight excluding hydrogens is 260 g/mol. The van der Waals surface area contributed by atoms with Gasteiger partial charge in [0.2, 0.25) is 0 Å². The number of nitrogens with one attached hydrogen (secondary N) is 2. The first-order chi connectivity index (χ1) is 10.2. The van der Waals surface area contributed by atoms with Gasteiger partial charge in [0, 0.05) is 18.3 Å². The third-order valence-corrected chi connectivity index (χ3v) is 3.22. The average Bonchev–Trinajstić information content (AvgIpc) is 2.47. The summed E-state index contributed by atoms with van der Waals surface area (Å²) in [6.07, 6.45) is 0. The summed E-state index contributed by atoms with van der Waals surface area (Å²) in [5, 5.41) is 9.00. The molecule has 0 atom stereocenters. The Bertz CT molecular complexity index is 768. The Morgan fingerprint density at radius 1 is 0.905 bits per heavy atom. The molecule has 0 spiro atoms. The van der Waals surface area contributed by atoms with E-state index in [-0.39, 0.29) is 0 Å². The second-order valence-electron chi connectivity index (χ2n) is 4.90. The summed E-state index contributed by atoms with van der Waals surface area (Å²) in [7, 11) is 0. The van der Waals surface area contributed by atoms with E-state index in [0.29, 0.717) is 0 Å². The molecule has 4 heteroatoms. The van der Waals surface area contributed by atoms with Crippen molar-refractivity contribution < 1.29 is 0 Å². The topological polar surface area (TPSA) is 49.8 Å². The molecular formula is C17H18N4. The van der Waals surface area contributed by atoms with Crippen LogP contribution < -0.4 is 10.6 Å². The Hall–Kier alpha value is -2.62. The molecule has 3 aromatic rings. The molecule has 1 aromatic heterocycles. The lowest BCUT2D eigenvalue weighted by Gasteiger charge is -2.10. The van der Waals surface area contributed by atoms with Gasteiger partial charge in [0.05, 0.1) is 0 Å². The fourth-order valence-corrected chi connectivity index (χ4v) is 2.32. The standard InChI is InChI=1S/C17H18N4/c1-3-18-16-11-17(20-12(2)19-16)21-15-9-8-13-6-4-5-7-14(13)10-15/h4-11H,3H2,1-2H3,(H2,18,19,20,21). The van der Waals surface area contributed by atoms with Gasteiger partial charge in [-0.1, -0.05) is 30.3 Å². The molecule has 4 nitrogen and oxygen atoms in total. The van der Waals surface area contributed by atoms with Crippen LogP contribution in [0.2, 0.25) is 0 Å². The first kappa shape index (κ1) is 13.4. The smallest absolute Gasteiger partial charge is 0.136 e. The maximum Gasteiger partial charge on any atom is 0.136 e. The summed E-state index contributed by atoms with van der Waals surface area (Å²) in [4.78, 5) is 8.78. The van der Waals surface area contributed by atoms with Crippen molar-refractivity contribution in [3.63, 3.8) is 0 Å². The molecule has 21 heavy (non-hydrogen) atoms. The summed E-state index contributed by atoms with van der Waals surface area (Å²) in [5.41, 5.74) is 1.02. The number of nitrogens with zero attached hydrogens (tertiary/aromatic N) is 2. The van der Waals surface area contributed by atoms with Crippen LogP contribution in [0.3, 0.4) is 0 Å². The van der Waals surface area contributed by atoms with E-state index in [1.165, 1.54) is 10.8 Å². The van der Waals surface area contributed by atoms with E-state index in [0.717, 1.165) is 29.7 Å². The molecule has 2 aromatic carbocycles. The Morgan fingerprint density at radius 2 is 1.67 bits per heavy atom. The molecule has 1 heterocycles. The van der Waals surface area contributed by atoms with Crippen molar-refractivity contribution in [1.29, 1.82) is 0 Å². The third-order valence-electron chi connectivity index (χ3n) is 3.22. The average molecular weight is 278 g/mol. The van der Waals surface area contributed by atoms with Crippen molar-refractivity contribution in [2.75, 3.05) is 17.2 Å². The Labute approximate surface area is 124 Å². The lowest BCUT2D eigenvalue weighted by atomic mass is 10.1. The number of anilines is 3. The van der Waals surface area contributed by atoms with Crippen molar-refractivity contribution in [1.82, 2.24) is 9.97 Å². The lowest BCUT2D eigenvalue weighted by Crippen LogP contribution is -2.04. The summed E-state index contributed by atoms with van der Waals surface area (Å²) >= 11 is 0. The van der Waals surface area contributed by atoms with Gasteiger partial charge in [-0.05, 0) is 36.8 Å². The molecule has 2 N–H and O–H groups in total. The van der Waals surface area contributed by atoms with Crippen LogP contribution in [0.5, 0.6) is 0 Å². The summed E-state index contributed by atoms with van der Waals surface area (Å²) in [5.74, 6) is 2.39. The van der Waals surface area contributed by atoms with Gasteiger partial charge < -0.3 is 10.6 Å². The Kier molecular flexibility index (Phi) is 3.69. The molecule has 0 radical (unpaired) electrons. The van der Waals surface area contributed by atoms with Gasteiger partial charge in [0.25, 0.3) is 0 Å². The second kappa shape index (κ2) is 5.79. The van der Waals surface area contributed by atoms with Gasteiger partial charge in [-0.2, -0.15) is 0 Å². The fraction of sp³-hybridized carbons (Fsp3) is 0.176. The van der Waals surface area contributed by atoms with E-state index < -0.39 is 0 Å². The Morgan fingerprint density at radius 3 is 2.48 bits per heavy atom. The van der Waals surface area contributed by atoms with Gasteiger partial charge in [-0.25, -0.2) is 9.97 Å². The predicted molar refractivity (Wildman–Crippen MR) is 88.2 cm³/mol. The third kappa shape index (κ3) is 3.11. The molecule has 0 unspecified atom stereocenters. The zero-order chi connectivity index (χ0) is 14.7. The lowest BCUT2D eigenvalue weighted by molar-refractivity contribution is 1.04. The maximum absolute atomic E-state index is 4.43. The maximum atomic E-state index is 4.43. The van der Waals surface area contributed by atoms with E-state index in [1.54, 1.807) is 0 Å². The number of benzene rings is 2. The van der Waals surface area contributed by atoms with Crippen LogP contribution >= 0.6 is 0 Å². The summed E-state index contributed by atoms with van der Waals surface area (Å²) < 4.78 is 0. The first-order valence-electron chi connectivity index (χ1n) is 7.10. The van der Waals surface area contributed by atoms with Gasteiger partial charge in [0.15, 0.2) is 0 Å². The van der Waals surface area contributed by atoms with Crippen LogP contribution in [-0.2, 0) is 0 Å². The zero-order valence-electron chi connectivity index (χ0n) is 12.2. The highest BCUT2D eigenvalue weighted by Gasteiger charge is 2.02. The van der Waals surface area contributed by atoms with Gasteiger partial charge in [0.1, 0.15) is 17.5 Å². The molecule has 0 bridgehead atoms. The van der Waals surface area contributed by atoms with Crippen LogP contribution in [0, 0.1) is 6.92 Å². The highest BCUT2D eigenvalue weighted by atomic mass is 15.1. The zero-order valence-corrected chi connectivity index (χ0v) is 12.2. The van der Waals surface area contributed by atoms with E-state index in [2.05, 4.69) is 50.9 Å². The predicted octanol–water partition coefficient (Wildman–Crippen LogP) is 4.11. The number of hydrogen-bond donors (Lipinski definition) is 2. The minimum absolute atomic E-state index is 0.747. The summed E-state index contributed by atoms with van der Waals surface area (Å²) in [6, 6.07) is 16.5. The van der Waals surface area contributed by atoms with Crippen molar-refractivity contribution >= 4 is 28.1 Å². The minimum Gasteiger partial charge on any atom is -0.370 e. The monoisotopic (exact) mass is 278 g/mol. The summed E-state index contributed by atoms with van der Waals surface area (Å²) in [6.45, 7) is 4.78. The highest BCUT2D eigenvalue weighted by Crippen LogP contribution is 2.22. The van der Waals surface area contributed by atoms with Crippen LogP contribution in [-0.4, -0.2) is 16.5 Å². The molecule has 0 amide bonds. The molecule has 0 aliphatic heterocycles. The van der Waals surface area contributed by atoms with E-state index in [1.807, 2.05) is 32.0 Å². The van der Waals surface area contributed by atoms with Crippen LogP contribution in [0.4, 0.5) is 17.3 Å². The molecule has 106 valence electrons. The van der Waals surface area contributed by atoms with Crippen molar-refractivity contribution in [2.45, 2.75) is 13.8 Å². The molecule has 0 aliphatic carbocycles. The van der Waals surface area contributed by atoms with Crippen LogP contribution in [0.25, 0.3) is 10.8 Å². The molecule has 3 rings (SSSR count). The van der Waals surface area contributed by atoms with Crippen LogP contribution in [0.15, 0.2) is 48.5 Å². The quantitative estimate of drug-likeness (QED) is 0.754. The largest absolute Gasteiger partial charge is 0.370 e. The number of aromatic nitrogens is 2. The number of aryl methyl sites for hydroxylation is 1. The Balaban J connectivity index is 1.90. The normalized spacial score (nSPS) is 10.6. The number of rotatable bonds is 4. The van der Waals surface area contributed by atoms with E-state index in [9.17, 15) is 0 Å². The molecule has 0 saturated heterocycles. The van der Waals surface area contributed by atoms with Gasteiger partial charge in [-0.3, -0.25) is 0 Å². The second-order valence-corrected chi connectivity index (χ2v) is 4.90. The number of fused-ring (bicyclic) bond motifs is 1. The SMILES string of the molecule is CCNc1cc(Nc2ccc3ccccc3c2)nc(C)n1. The highest BCUT2D eigenvalue weighted by molar-refractivity contribution is 5.86. The molecule has 0 fully saturated rings. The number of hydrogen-bond acceptors (Lipinski definition) is 4. The van der Waals surface area contributed by atoms with Gasteiger partial charge in [-0.15, -0.1) is 0 Å². The molecule has 0 aliphatic rings. The van der Waals surface area contributed by atoms with E-state index in [4.69, 9.17) is 0 Å². The minimum atomic E-state index is 0.747. The fourth-order valence-electron chi connectivity index (χ4n) is 2.32. The first-order valence-corrected chi connectivity index (χ1v) is 7.10. The van der Waals surface area contributed by atoms with Crippen molar-refractivity contribution in [2.24, 2.45) is 0 Å².